The molecule has 0 unspecified atom stereocenters. The molecule has 2 atom stereocenters. The molecule has 0 radical (unpaired) electrons. The standard InChI is InChI=1S/C17H16BrNO4/c1-22-13-7-12(18)11-3-5-19(9-20)8-17-4-2-10(21)6-14(17)23-16(13)15(11)17/h2,4,7,9,14H,3,5-6,8H2,1H3/t14-,17-/m0/s1. The van der Waals surface area contributed by atoms with Gasteiger partial charge in [0, 0.05) is 29.5 Å². The fourth-order valence-corrected chi connectivity index (χ4v) is 4.57. The Hall–Kier alpha value is -1.82. The van der Waals surface area contributed by atoms with Crippen molar-refractivity contribution in [1.82, 2.24) is 4.90 Å². The maximum absolute atomic E-state index is 11.9. The van der Waals surface area contributed by atoms with Gasteiger partial charge in [-0.15, -0.1) is 0 Å². The second-order valence-corrected chi connectivity index (χ2v) is 7.07. The molecule has 120 valence electrons. The van der Waals surface area contributed by atoms with Crippen LogP contribution in [0.3, 0.4) is 0 Å². The number of hydrogen-bond donors (Lipinski definition) is 0. The molecule has 0 bridgehead atoms. The van der Waals surface area contributed by atoms with E-state index in [0.717, 1.165) is 28.4 Å². The van der Waals surface area contributed by atoms with Gasteiger partial charge in [-0.2, -0.15) is 0 Å². The van der Waals surface area contributed by atoms with Gasteiger partial charge in [0.15, 0.2) is 17.3 Å². The highest BCUT2D eigenvalue weighted by molar-refractivity contribution is 9.10. The Bertz CT molecular complexity index is 745. The molecule has 5 nitrogen and oxygen atoms in total. The first-order valence-corrected chi connectivity index (χ1v) is 8.36. The number of carbonyl (C=O) groups excluding carboxylic acids is 2. The van der Waals surface area contributed by atoms with Gasteiger partial charge in [0.05, 0.1) is 12.5 Å². The second kappa shape index (κ2) is 5.09. The average Bonchev–Trinajstić information content (AvgIpc) is 2.76. The van der Waals surface area contributed by atoms with Crippen LogP contribution in [0.1, 0.15) is 17.5 Å². The van der Waals surface area contributed by atoms with E-state index in [9.17, 15) is 9.59 Å². The van der Waals surface area contributed by atoms with Gasteiger partial charge in [0.2, 0.25) is 6.41 Å². The summed E-state index contributed by atoms with van der Waals surface area (Å²) in [6, 6.07) is 1.90. The van der Waals surface area contributed by atoms with Gasteiger partial charge in [0.25, 0.3) is 0 Å². The van der Waals surface area contributed by atoms with Crippen molar-refractivity contribution < 1.29 is 19.1 Å². The highest BCUT2D eigenvalue weighted by atomic mass is 79.9. The zero-order valence-corrected chi connectivity index (χ0v) is 14.3. The first kappa shape index (κ1) is 14.8. The van der Waals surface area contributed by atoms with Crippen LogP contribution >= 0.6 is 15.9 Å². The molecule has 2 heterocycles. The predicted octanol–water partition coefficient (Wildman–Crippen LogP) is 2.00. The first-order chi connectivity index (χ1) is 11.1. The molecule has 1 amide bonds. The van der Waals surface area contributed by atoms with E-state index in [4.69, 9.17) is 9.47 Å². The van der Waals surface area contributed by atoms with Crippen LogP contribution < -0.4 is 9.47 Å². The molecule has 6 heteroatoms. The molecule has 0 aromatic heterocycles. The van der Waals surface area contributed by atoms with Crippen molar-refractivity contribution in [2.75, 3.05) is 20.2 Å². The fourth-order valence-electron chi connectivity index (χ4n) is 3.96. The van der Waals surface area contributed by atoms with Crippen molar-refractivity contribution in [3.8, 4) is 11.5 Å². The van der Waals surface area contributed by atoms with E-state index in [1.807, 2.05) is 12.1 Å². The molecule has 0 fully saturated rings. The monoisotopic (exact) mass is 377 g/mol. The smallest absolute Gasteiger partial charge is 0.209 e. The third-order valence-electron chi connectivity index (χ3n) is 5.03. The van der Waals surface area contributed by atoms with E-state index in [1.165, 1.54) is 0 Å². The number of nitrogens with zero attached hydrogens (tertiary/aromatic N) is 1. The van der Waals surface area contributed by atoms with Gasteiger partial charge in [-0.3, -0.25) is 9.59 Å². The van der Waals surface area contributed by atoms with Crippen molar-refractivity contribution in [2.24, 2.45) is 0 Å². The third-order valence-corrected chi connectivity index (χ3v) is 5.74. The first-order valence-electron chi connectivity index (χ1n) is 7.57. The quantitative estimate of drug-likeness (QED) is 0.739. The highest BCUT2D eigenvalue weighted by Gasteiger charge is 2.54. The Labute approximate surface area is 142 Å². The summed E-state index contributed by atoms with van der Waals surface area (Å²) in [7, 11) is 1.61. The lowest BCUT2D eigenvalue weighted by atomic mass is 9.71. The van der Waals surface area contributed by atoms with Gasteiger partial charge in [-0.05, 0) is 24.1 Å². The van der Waals surface area contributed by atoms with Crippen molar-refractivity contribution >= 4 is 28.1 Å². The third kappa shape index (κ3) is 1.97. The average molecular weight is 378 g/mol. The van der Waals surface area contributed by atoms with Crippen LogP contribution in [0, 0.1) is 0 Å². The Morgan fingerprint density at radius 2 is 2.35 bits per heavy atom. The number of benzene rings is 1. The minimum absolute atomic E-state index is 0.0508. The summed E-state index contributed by atoms with van der Waals surface area (Å²) in [4.78, 5) is 25.1. The molecule has 3 aliphatic rings. The van der Waals surface area contributed by atoms with Crippen LogP contribution in [0.15, 0.2) is 22.7 Å². The summed E-state index contributed by atoms with van der Waals surface area (Å²) in [6.07, 6.45) is 5.19. The molecule has 0 N–H and O–H groups in total. The van der Waals surface area contributed by atoms with E-state index in [-0.39, 0.29) is 11.9 Å². The number of hydrogen-bond acceptors (Lipinski definition) is 4. The van der Waals surface area contributed by atoms with Gasteiger partial charge in [-0.25, -0.2) is 0 Å². The molecule has 2 aliphatic heterocycles. The number of amides is 1. The minimum Gasteiger partial charge on any atom is -0.493 e. The van der Waals surface area contributed by atoms with Gasteiger partial charge in [-0.1, -0.05) is 22.0 Å². The Balaban J connectivity index is 2.01. The maximum atomic E-state index is 11.9. The van der Waals surface area contributed by atoms with E-state index >= 15 is 0 Å². The molecule has 0 saturated carbocycles. The molecule has 1 aliphatic carbocycles. The van der Waals surface area contributed by atoms with Crippen LogP contribution in [0.25, 0.3) is 0 Å². The summed E-state index contributed by atoms with van der Waals surface area (Å²) in [5.74, 6) is 1.42. The summed E-state index contributed by atoms with van der Waals surface area (Å²) in [5.41, 5.74) is 1.71. The zero-order valence-electron chi connectivity index (χ0n) is 12.7. The Kier molecular flexibility index (Phi) is 3.27. The van der Waals surface area contributed by atoms with Gasteiger partial charge < -0.3 is 14.4 Å². The Morgan fingerprint density at radius 3 is 3.09 bits per heavy atom. The molecular formula is C17H16BrNO4. The molecule has 1 aromatic rings. The lowest BCUT2D eigenvalue weighted by Gasteiger charge is -2.35. The van der Waals surface area contributed by atoms with Crippen LogP contribution in [0.5, 0.6) is 11.5 Å². The Morgan fingerprint density at radius 1 is 1.52 bits per heavy atom. The fraction of sp³-hybridized carbons (Fsp3) is 0.412. The van der Waals surface area contributed by atoms with E-state index in [2.05, 4.69) is 15.9 Å². The number of carbonyl (C=O) groups is 2. The molecule has 4 rings (SSSR count). The lowest BCUT2D eigenvalue weighted by molar-refractivity contribution is -0.119. The summed E-state index contributed by atoms with van der Waals surface area (Å²) in [5, 5.41) is 0. The van der Waals surface area contributed by atoms with Crippen molar-refractivity contribution in [3.05, 3.63) is 33.8 Å². The molecule has 1 aromatic carbocycles. The van der Waals surface area contributed by atoms with Crippen molar-refractivity contribution in [2.45, 2.75) is 24.4 Å². The zero-order chi connectivity index (χ0) is 16.2. The van der Waals surface area contributed by atoms with Crippen LogP contribution in [-0.4, -0.2) is 43.4 Å². The number of ether oxygens (including phenoxy) is 2. The summed E-state index contributed by atoms with van der Waals surface area (Å²) < 4.78 is 12.6. The second-order valence-electron chi connectivity index (χ2n) is 6.22. The van der Waals surface area contributed by atoms with Crippen LogP contribution in [-0.2, 0) is 21.4 Å². The van der Waals surface area contributed by atoms with Crippen molar-refractivity contribution in [3.63, 3.8) is 0 Å². The highest BCUT2D eigenvalue weighted by Crippen LogP contribution is 2.55. The number of rotatable bonds is 2. The van der Waals surface area contributed by atoms with Crippen LogP contribution in [0.2, 0.25) is 0 Å². The predicted molar refractivity (Wildman–Crippen MR) is 86.9 cm³/mol. The molecule has 1 spiro atoms. The minimum atomic E-state index is -0.479. The lowest BCUT2D eigenvalue weighted by Crippen LogP contribution is -2.48. The van der Waals surface area contributed by atoms with Crippen LogP contribution in [0.4, 0.5) is 0 Å². The topological polar surface area (TPSA) is 55.8 Å². The largest absolute Gasteiger partial charge is 0.493 e. The summed E-state index contributed by atoms with van der Waals surface area (Å²) >= 11 is 3.63. The molecule has 0 saturated heterocycles. The number of ketones is 1. The molecular weight excluding hydrogens is 362 g/mol. The van der Waals surface area contributed by atoms with Crippen molar-refractivity contribution in [1.29, 1.82) is 0 Å². The van der Waals surface area contributed by atoms with E-state index in [0.29, 0.717) is 31.0 Å². The van der Waals surface area contributed by atoms with E-state index in [1.54, 1.807) is 18.1 Å². The number of methoxy groups -OCH3 is 1. The number of allylic oxidation sites excluding steroid dienone is 1. The van der Waals surface area contributed by atoms with Gasteiger partial charge in [0.1, 0.15) is 6.10 Å². The maximum Gasteiger partial charge on any atom is 0.209 e. The normalized spacial score (nSPS) is 27.8. The summed E-state index contributed by atoms with van der Waals surface area (Å²) in [6.45, 7) is 1.17. The SMILES string of the molecule is COc1cc(Br)c2c3c1O[C@H]1CC(=O)C=C[C@@]31CN(C=O)CC2. The van der Waals surface area contributed by atoms with E-state index < -0.39 is 5.41 Å². The molecule has 23 heavy (non-hydrogen) atoms. The van der Waals surface area contributed by atoms with Gasteiger partial charge >= 0.3 is 0 Å². The number of halogens is 1.